The monoisotopic (exact) mass is 879 g/mol. The van der Waals surface area contributed by atoms with Gasteiger partial charge in [-0.3, -0.25) is 0 Å². The summed E-state index contributed by atoms with van der Waals surface area (Å²) in [6.45, 7) is 22.5. The van der Waals surface area contributed by atoms with E-state index in [1.54, 1.807) is 0 Å². The molecule has 7 rings (SSSR count). The Morgan fingerprint density at radius 3 is 2.12 bits per heavy atom. The number of benzene rings is 4. The van der Waals surface area contributed by atoms with E-state index in [1.807, 2.05) is 24.5 Å². The van der Waals surface area contributed by atoms with E-state index in [4.69, 9.17) is 4.42 Å². The van der Waals surface area contributed by atoms with Gasteiger partial charge in [-0.15, -0.1) is 47.5 Å². The van der Waals surface area contributed by atoms with Crippen molar-refractivity contribution in [1.29, 1.82) is 0 Å². The Morgan fingerprint density at radius 2 is 1.48 bits per heavy atom. The van der Waals surface area contributed by atoms with E-state index >= 15 is 0 Å². The van der Waals surface area contributed by atoms with Gasteiger partial charge in [0.15, 0.2) is 0 Å². The molecule has 0 aliphatic carbocycles. The van der Waals surface area contributed by atoms with Gasteiger partial charge in [0, 0.05) is 37.9 Å². The van der Waals surface area contributed by atoms with E-state index in [0.717, 1.165) is 55.6 Å². The van der Waals surface area contributed by atoms with Crippen LogP contribution in [0.5, 0.6) is 0 Å². The van der Waals surface area contributed by atoms with Crippen LogP contribution in [0.15, 0.2) is 114 Å². The van der Waals surface area contributed by atoms with Crippen LogP contribution in [0, 0.1) is 12.1 Å². The molecule has 0 spiro atoms. The van der Waals surface area contributed by atoms with Crippen molar-refractivity contribution in [2.45, 2.75) is 85.4 Å². The number of aromatic nitrogens is 2. The zero-order valence-corrected chi connectivity index (χ0v) is 35.6. The fraction of sp³-hybridized carbons (Fsp3) is 0.277. The molecule has 52 heavy (non-hydrogen) atoms. The second-order valence-electron chi connectivity index (χ2n) is 16.2. The molecule has 0 unspecified atom stereocenters. The molecular weight excluding hydrogens is 829 g/mol. The zero-order chi connectivity index (χ0) is 36.5. The Kier molecular flexibility index (Phi) is 11.9. The van der Waals surface area contributed by atoms with Crippen LogP contribution in [0.25, 0.3) is 55.6 Å². The van der Waals surface area contributed by atoms with Gasteiger partial charge in [-0.1, -0.05) is 157 Å². The van der Waals surface area contributed by atoms with Gasteiger partial charge in [0.2, 0.25) is 0 Å². The maximum atomic E-state index is 6.62. The van der Waals surface area contributed by atoms with Crippen molar-refractivity contribution in [3.05, 3.63) is 138 Å². The fourth-order valence-electron chi connectivity index (χ4n) is 6.38. The molecule has 0 saturated carbocycles. The standard InChI is InChI=1S/C29H26NO.C18H24NSi.Ir/c1-18(2)21-15-16-30-26(17-21)24-14-13-23(20-9-6-5-7-10-20)27-25-12-8-11-22(19(3)4)28(25)31-29(24)27;1-18(2,3)15-9-7-8-14(12-15)17-11-10-16(13-19-17)20(4,5)6;/h5-13,15-19H,1-4H3;7,9-13H,1-6H3;/q2*-1;. The van der Waals surface area contributed by atoms with Crippen LogP contribution in [0.4, 0.5) is 0 Å². The van der Waals surface area contributed by atoms with Gasteiger partial charge in [-0.2, -0.15) is 0 Å². The van der Waals surface area contributed by atoms with Crippen molar-refractivity contribution in [1.82, 2.24) is 9.97 Å². The summed E-state index contributed by atoms with van der Waals surface area (Å²) in [6.07, 6.45) is 3.93. The van der Waals surface area contributed by atoms with E-state index in [-0.39, 0.29) is 25.5 Å². The first kappa shape index (κ1) is 39.1. The van der Waals surface area contributed by atoms with Crippen LogP contribution in [0.3, 0.4) is 0 Å². The molecule has 3 aromatic heterocycles. The van der Waals surface area contributed by atoms with Crippen LogP contribution < -0.4 is 5.19 Å². The summed E-state index contributed by atoms with van der Waals surface area (Å²) in [5.41, 5.74) is 12.0. The van der Waals surface area contributed by atoms with Crippen molar-refractivity contribution in [2.24, 2.45) is 0 Å². The van der Waals surface area contributed by atoms with Crippen LogP contribution in [0.1, 0.15) is 77.0 Å². The number of furan rings is 1. The number of hydrogen-bond acceptors (Lipinski definition) is 3. The molecule has 269 valence electrons. The molecule has 3 nitrogen and oxygen atoms in total. The Balaban J connectivity index is 0.000000217. The second kappa shape index (κ2) is 15.8. The number of nitrogens with zero attached hydrogens (tertiary/aromatic N) is 2. The van der Waals surface area contributed by atoms with Gasteiger partial charge >= 0.3 is 0 Å². The van der Waals surface area contributed by atoms with Gasteiger partial charge in [-0.05, 0) is 50.8 Å². The SMILES string of the molecule is CC(C)(C)c1cc[c-]c(-c2ccc([Si](C)(C)C)cn2)c1.CC(C)c1ccnc(-c2[c-]cc(-c3ccccc3)c3c2oc2c(C(C)C)cccc23)c1.[Ir]. The zero-order valence-electron chi connectivity index (χ0n) is 32.2. The molecule has 1 radical (unpaired) electrons. The van der Waals surface area contributed by atoms with Crippen molar-refractivity contribution in [3.63, 3.8) is 0 Å². The first-order valence-electron chi connectivity index (χ1n) is 18.1. The molecule has 3 heterocycles. The van der Waals surface area contributed by atoms with Gasteiger partial charge in [0.25, 0.3) is 0 Å². The molecular formula is C47H50IrN2OSi-2. The molecule has 0 aliphatic rings. The summed E-state index contributed by atoms with van der Waals surface area (Å²) >= 11 is 0. The maximum absolute atomic E-state index is 6.62. The predicted octanol–water partition coefficient (Wildman–Crippen LogP) is 12.8. The average Bonchev–Trinajstić information content (AvgIpc) is 3.51. The molecule has 0 aliphatic heterocycles. The summed E-state index contributed by atoms with van der Waals surface area (Å²) in [6, 6.07) is 40.8. The molecule has 0 saturated heterocycles. The Hall–Kier alpha value is -4.15. The summed E-state index contributed by atoms with van der Waals surface area (Å²) in [5.74, 6) is 0.809. The van der Waals surface area contributed by atoms with E-state index in [2.05, 4.69) is 175 Å². The Labute approximate surface area is 325 Å². The van der Waals surface area contributed by atoms with Crippen LogP contribution in [0.2, 0.25) is 19.6 Å². The summed E-state index contributed by atoms with van der Waals surface area (Å²) in [7, 11) is -1.27. The van der Waals surface area contributed by atoms with Gasteiger partial charge in [0.1, 0.15) is 5.58 Å². The average molecular weight is 879 g/mol. The molecule has 0 bridgehead atoms. The maximum Gasteiger partial charge on any atom is 0.124 e. The number of pyridine rings is 2. The quantitative estimate of drug-likeness (QED) is 0.123. The second-order valence-corrected chi connectivity index (χ2v) is 21.3. The number of fused-ring (bicyclic) bond motifs is 3. The van der Waals surface area contributed by atoms with E-state index < -0.39 is 8.07 Å². The molecule has 0 amide bonds. The normalized spacial score (nSPS) is 11.8. The molecule has 4 aromatic carbocycles. The minimum absolute atomic E-state index is 0. The topological polar surface area (TPSA) is 38.9 Å². The van der Waals surface area contributed by atoms with Crippen molar-refractivity contribution in [2.75, 3.05) is 0 Å². The summed E-state index contributed by atoms with van der Waals surface area (Å²) in [4.78, 5) is 9.32. The molecule has 0 N–H and O–H groups in total. The number of hydrogen-bond donors (Lipinski definition) is 0. The van der Waals surface area contributed by atoms with Crippen LogP contribution >= 0.6 is 0 Å². The molecule has 0 fully saturated rings. The molecule has 7 aromatic rings. The predicted molar refractivity (Wildman–Crippen MR) is 220 cm³/mol. The Bertz CT molecular complexity index is 2270. The molecule has 5 heteroatoms. The van der Waals surface area contributed by atoms with Crippen molar-refractivity contribution in [3.8, 4) is 33.6 Å². The fourth-order valence-corrected chi connectivity index (χ4v) is 7.41. The minimum atomic E-state index is -1.27. The summed E-state index contributed by atoms with van der Waals surface area (Å²) in [5, 5.41) is 3.68. The number of rotatable bonds is 6. The smallest absolute Gasteiger partial charge is 0.124 e. The molecule has 0 atom stereocenters. The van der Waals surface area contributed by atoms with Gasteiger partial charge < -0.3 is 14.4 Å². The third-order valence-electron chi connectivity index (χ3n) is 9.59. The van der Waals surface area contributed by atoms with Crippen LogP contribution in [-0.2, 0) is 25.5 Å². The van der Waals surface area contributed by atoms with Crippen molar-refractivity contribution < 1.29 is 24.5 Å². The first-order valence-corrected chi connectivity index (χ1v) is 21.6. The Morgan fingerprint density at radius 1 is 0.731 bits per heavy atom. The third-order valence-corrected chi connectivity index (χ3v) is 11.6. The largest absolute Gasteiger partial charge is 0.500 e. The van der Waals surface area contributed by atoms with E-state index in [9.17, 15) is 0 Å². The van der Waals surface area contributed by atoms with Gasteiger partial charge in [0.05, 0.1) is 13.7 Å². The first-order chi connectivity index (χ1) is 24.2. The summed E-state index contributed by atoms with van der Waals surface area (Å²) < 4.78 is 6.62. The third kappa shape index (κ3) is 8.39. The minimum Gasteiger partial charge on any atom is -0.500 e. The van der Waals surface area contributed by atoms with Crippen molar-refractivity contribution >= 4 is 35.2 Å². The van der Waals surface area contributed by atoms with E-state index in [1.165, 1.54) is 21.9 Å². The number of para-hydroxylation sites is 1. The van der Waals surface area contributed by atoms with Gasteiger partial charge in [-0.25, -0.2) is 0 Å². The van der Waals surface area contributed by atoms with E-state index in [0.29, 0.717) is 11.8 Å². The van der Waals surface area contributed by atoms with Crippen LogP contribution in [-0.4, -0.2) is 18.0 Å².